The number of aromatic nitrogens is 1. The zero-order chi connectivity index (χ0) is 27.2. The molecule has 38 heavy (non-hydrogen) atoms. The van der Waals surface area contributed by atoms with Crippen LogP contribution in [0.2, 0.25) is 0 Å². The van der Waals surface area contributed by atoms with Gasteiger partial charge in [-0.25, -0.2) is 22.8 Å². The highest BCUT2D eigenvalue weighted by Crippen LogP contribution is 2.33. The molecule has 198 valence electrons. The van der Waals surface area contributed by atoms with Gasteiger partial charge in [-0.3, -0.25) is 9.59 Å². The van der Waals surface area contributed by atoms with E-state index in [0.717, 1.165) is 16.2 Å². The van der Waals surface area contributed by atoms with E-state index >= 15 is 0 Å². The molecule has 12 heteroatoms. The maximum atomic E-state index is 14.3. The van der Waals surface area contributed by atoms with Crippen LogP contribution in [0.5, 0.6) is 0 Å². The van der Waals surface area contributed by atoms with Gasteiger partial charge in [-0.2, -0.15) is 0 Å². The van der Waals surface area contributed by atoms with Crippen LogP contribution < -0.4 is 0 Å². The Hall–Kier alpha value is -3.37. The second-order valence-corrected chi connectivity index (χ2v) is 12.1. The van der Waals surface area contributed by atoms with Crippen LogP contribution in [0.1, 0.15) is 18.1 Å². The Morgan fingerprint density at radius 3 is 2.58 bits per heavy atom. The fourth-order valence-electron chi connectivity index (χ4n) is 5.26. The van der Waals surface area contributed by atoms with E-state index in [4.69, 9.17) is 6.42 Å². The molecule has 2 amide bonds. The number of hydrogen-bond donors (Lipinski definition) is 0. The van der Waals surface area contributed by atoms with E-state index in [-0.39, 0.29) is 37.9 Å². The third kappa shape index (κ3) is 4.56. The predicted molar refractivity (Wildman–Crippen MR) is 141 cm³/mol. The number of nitrogens with zero attached hydrogens (tertiary/aromatic N) is 5. The number of thiazole rings is 1. The minimum atomic E-state index is -3.89. The second kappa shape index (κ2) is 10.1. The van der Waals surface area contributed by atoms with E-state index in [1.807, 2.05) is 30.3 Å². The van der Waals surface area contributed by atoms with E-state index in [0.29, 0.717) is 15.8 Å². The molecule has 2 saturated heterocycles. The average molecular weight is 556 g/mol. The number of hydrazine groups is 1. The first-order valence-electron chi connectivity index (χ1n) is 12.0. The van der Waals surface area contributed by atoms with Crippen LogP contribution in [0.4, 0.5) is 4.39 Å². The molecule has 0 N–H and O–H groups in total. The largest absolute Gasteiger partial charge is 0.333 e. The number of amides is 2. The molecule has 9 nitrogen and oxygen atoms in total. The first-order chi connectivity index (χ1) is 18.1. The standard InChI is InChI=1S/C26H26FN5O4S2/c1-4-12-30-17(2)25(33)31-21(13-18-8-6-5-7-9-18)26(34)29(15-22(31)32(30)38(3,35)36)14-19-10-11-20(27)24-23(19)28-16-37-24/h1,5-11,16-17,21-22H,12-15H2,2-3H3/t17?,21-,22-/m0/s1. The number of piperazine rings is 1. The first kappa shape index (κ1) is 26.2. The Kier molecular flexibility index (Phi) is 6.96. The molecular formula is C26H26FN5O4S2. The Bertz CT molecular complexity index is 1540. The fourth-order valence-corrected chi connectivity index (χ4v) is 7.19. The SMILES string of the molecule is C#CCN1C(C)C(=O)N2[C@@H](Cc3ccccc3)C(=O)N(Cc3ccc(F)c4scnc34)C[C@@H]2N1S(C)(=O)=O. The van der Waals surface area contributed by atoms with Crippen molar-refractivity contribution in [3.05, 3.63) is 64.9 Å². The van der Waals surface area contributed by atoms with Crippen molar-refractivity contribution in [2.24, 2.45) is 0 Å². The number of fused-ring (bicyclic) bond motifs is 2. The topological polar surface area (TPSA) is 94.1 Å². The quantitative estimate of drug-likeness (QED) is 0.433. The molecule has 0 spiro atoms. The van der Waals surface area contributed by atoms with Crippen LogP contribution >= 0.6 is 11.3 Å². The number of halogens is 1. The summed E-state index contributed by atoms with van der Waals surface area (Å²) in [5, 5.41) is 1.36. The van der Waals surface area contributed by atoms with Gasteiger partial charge in [0.2, 0.25) is 21.8 Å². The number of carbonyl (C=O) groups excluding carboxylic acids is 2. The molecule has 0 bridgehead atoms. The Morgan fingerprint density at radius 1 is 1.16 bits per heavy atom. The highest BCUT2D eigenvalue weighted by atomic mass is 32.2. The number of terminal acetylenes is 1. The third-order valence-electron chi connectivity index (χ3n) is 6.95. The van der Waals surface area contributed by atoms with Crippen molar-refractivity contribution in [1.29, 1.82) is 0 Å². The Morgan fingerprint density at radius 2 is 1.89 bits per heavy atom. The lowest BCUT2D eigenvalue weighted by Gasteiger charge is -2.56. The monoisotopic (exact) mass is 555 g/mol. The zero-order valence-electron chi connectivity index (χ0n) is 20.8. The molecule has 3 atom stereocenters. The summed E-state index contributed by atoms with van der Waals surface area (Å²) in [6.45, 7) is 1.48. The van der Waals surface area contributed by atoms with Gasteiger partial charge in [0, 0.05) is 13.0 Å². The fraction of sp³-hybridized carbons (Fsp3) is 0.346. The van der Waals surface area contributed by atoms with E-state index in [9.17, 15) is 22.4 Å². The van der Waals surface area contributed by atoms with Gasteiger partial charge in [0.25, 0.3) is 0 Å². The lowest BCUT2D eigenvalue weighted by Crippen LogP contribution is -2.77. The van der Waals surface area contributed by atoms with E-state index in [1.54, 1.807) is 18.5 Å². The molecule has 2 fully saturated rings. The summed E-state index contributed by atoms with van der Waals surface area (Å²) in [6.07, 6.45) is 5.80. The maximum absolute atomic E-state index is 14.3. The highest BCUT2D eigenvalue weighted by Gasteiger charge is 2.54. The maximum Gasteiger partial charge on any atom is 0.246 e. The summed E-state index contributed by atoms with van der Waals surface area (Å²) in [5.74, 6) is 1.35. The van der Waals surface area contributed by atoms with Gasteiger partial charge in [0.1, 0.15) is 24.1 Å². The van der Waals surface area contributed by atoms with E-state index < -0.39 is 34.1 Å². The molecule has 2 aliphatic heterocycles. The number of rotatable bonds is 6. The van der Waals surface area contributed by atoms with Crippen molar-refractivity contribution >= 4 is 43.4 Å². The van der Waals surface area contributed by atoms with Crippen molar-refractivity contribution in [2.75, 3.05) is 19.3 Å². The summed E-state index contributed by atoms with van der Waals surface area (Å²) in [4.78, 5) is 34.9. The predicted octanol–water partition coefficient (Wildman–Crippen LogP) is 2.06. The second-order valence-electron chi connectivity index (χ2n) is 9.40. The number of sulfonamides is 1. The summed E-state index contributed by atoms with van der Waals surface area (Å²) < 4.78 is 42.0. The molecule has 3 aromatic rings. The van der Waals surface area contributed by atoms with Crippen LogP contribution in [-0.2, 0) is 32.6 Å². The molecule has 0 aliphatic carbocycles. The normalized spacial score (nSPS) is 23.1. The highest BCUT2D eigenvalue weighted by molar-refractivity contribution is 7.88. The van der Waals surface area contributed by atoms with Gasteiger partial charge >= 0.3 is 0 Å². The minimum Gasteiger partial charge on any atom is -0.333 e. The summed E-state index contributed by atoms with van der Waals surface area (Å²) in [7, 11) is -3.89. The van der Waals surface area contributed by atoms with Crippen LogP contribution in [-0.4, -0.2) is 82.0 Å². The van der Waals surface area contributed by atoms with E-state index in [2.05, 4.69) is 10.9 Å². The smallest absolute Gasteiger partial charge is 0.246 e. The molecule has 3 heterocycles. The van der Waals surface area contributed by atoms with Gasteiger partial charge in [-0.05, 0) is 24.1 Å². The lowest BCUT2D eigenvalue weighted by molar-refractivity contribution is -0.191. The van der Waals surface area contributed by atoms with Crippen molar-refractivity contribution in [3.8, 4) is 12.3 Å². The summed E-state index contributed by atoms with van der Waals surface area (Å²) in [6, 6.07) is 10.3. The number of carbonyl (C=O) groups is 2. The number of hydrogen-bond acceptors (Lipinski definition) is 7. The van der Waals surface area contributed by atoms with Gasteiger partial charge in [-0.15, -0.1) is 22.2 Å². The molecule has 1 unspecified atom stereocenters. The molecule has 5 rings (SSSR count). The lowest BCUT2D eigenvalue weighted by atomic mass is 9.97. The van der Waals surface area contributed by atoms with Crippen molar-refractivity contribution in [3.63, 3.8) is 0 Å². The van der Waals surface area contributed by atoms with Crippen LogP contribution in [0.3, 0.4) is 0 Å². The third-order valence-corrected chi connectivity index (χ3v) is 8.92. The molecule has 2 aromatic carbocycles. The molecule has 1 aromatic heterocycles. The Labute approximate surface area is 224 Å². The number of benzene rings is 2. The van der Waals surface area contributed by atoms with Crippen molar-refractivity contribution < 1.29 is 22.4 Å². The van der Waals surface area contributed by atoms with E-state index in [1.165, 1.54) is 32.2 Å². The summed E-state index contributed by atoms with van der Waals surface area (Å²) >= 11 is 1.17. The molecular weight excluding hydrogens is 529 g/mol. The molecule has 0 saturated carbocycles. The van der Waals surface area contributed by atoms with Gasteiger partial charge in [0.15, 0.2) is 0 Å². The average Bonchev–Trinajstić information content (AvgIpc) is 3.38. The van der Waals surface area contributed by atoms with Crippen molar-refractivity contribution in [2.45, 2.75) is 38.1 Å². The van der Waals surface area contributed by atoms with Crippen LogP contribution in [0.15, 0.2) is 48.0 Å². The van der Waals surface area contributed by atoms with Gasteiger partial charge < -0.3 is 9.80 Å². The van der Waals surface area contributed by atoms with Gasteiger partial charge in [0.05, 0.1) is 35.1 Å². The zero-order valence-corrected chi connectivity index (χ0v) is 22.5. The minimum absolute atomic E-state index is 0.0749. The van der Waals surface area contributed by atoms with Crippen LogP contribution in [0.25, 0.3) is 10.2 Å². The molecule has 2 aliphatic rings. The summed E-state index contributed by atoms with van der Waals surface area (Å²) in [5.41, 5.74) is 3.45. The first-order valence-corrected chi connectivity index (χ1v) is 14.7. The van der Waals surface area contributed by atoms with Gasteiger partial charge in [-0.1, -0.05) is 42.3 Å². The molecule has 0 radical (unpaired) electrons. The Balaban J connectivity index is 1.60. The van der Waals surface area contributed by atoms with Crippen molar-refractivity contribution in [1.82, 2.24) is 24.2 Å². The van der Waals surface area contributed by atoms with Crippen LogP contribution in [0, 0.1) is 18.2 Å².